The molecule has 3 aromatic rings. The van der Waals surface area contributed by atoms with Gasteiger partial charge in [-0.15, -0.1) is 0 Å². The predicted molar refractivity (Wildman–Crippen MR) is 81.9 cm³/mol. The van der Waals surface area contributed by atoms with Gasteiger partial charge in [-0.2, -0.15) is 9.97 Å². The summed E-state index contributed by atoms with van der Waals surface area (Å²) >= 11 is 6.19. The van der Waals surface area contributed by atoms with Crippen LogP contribution in [0.4, 0.5) is 0 Å². The molecule has 0 atom stereocenters. The number of methoxy groups -OCH3 is 1. The minimum Gasteiger partial charge on any atom is -0.497 e. The van der Waals surface area contributed by atoms with Gasteiger partial charge in [0, 0.05) is 5.39 Å². The number of hydrogen-bond acceptors (Lipinski definition) is 4. The fraction of sp³-hybridized carbons (Fsp3) is 0.125. The molecule has 4 nitrogen and oxygen atoms in total. The number of benzene rings is 2. The van der Waals surface area contributed by atoms with E-state index in [1.54, 1.807) is 13.2 Å². The third-order valence-electron chi connectivity index (χ3n) is 3.05. The number of halogens is 1. The van der Waals surface area contributed by atoms with E-state index in [2.05, 4.69) is 9.97 Å². The van der Waals surface area contributed by atoms with Gasteiger partial charge >= 0.3 is 6.01 Å². The fourth-order valence-corrected chi connectivity index (χ4v) is 2.19. The minimum atomic E-state index is 0.265. The second-order valence-electron chi connectivity index (χ2n) is 4.45. The van der Waals surface area contributed by atoms with Crippen LogP contribution < -0.4 is 9.47 Å². The molecule has 0 unspecified atom stereocenters. The summed E-state index contributed by atoms with van der Waals surface area (Å²) in [6, 6.07) is 15.6. The summed E-state index contributed by atoms with van der Waals surface area (Å²) in [7, 11) is 1.60. The number of ether oxygens (including phenoxy) is 2. The Morgan fingerprint density at radius 3 is 2.62 bits per heavy atom. The summed E-state index contributed by atoms with van der Waals surface area (Å²) in [5.74, 6) is 0.714. The zero-order valence-electron chi connectivity index (χ0n) is 11.4. The largest absolute Gasteiger partial charge is 0.497 e. The Bertz CT molecular complexity index is 763. The van der Waals surface area contributed by atoms with Crippen molar-refractivity contribution in [2.24, 2.45) is 0 Å². The second-order valence-corrected chi connectivity index (χ2v) is 4.81. The molecule has 0 fully saturated rings. The molecule has 0 radical (unpaired) electrons. The highest BCUT2D eigenvalue weighted by atomic mass is 35.5. The number of aromatic nitrogens is 2. The van der Waals surface area contributed by atoms with Crippen LogP contribution in [0, 0.1) is 0 Å². The van der Waals surface area contributed by atoms with E-state index in [-0.39, 0.29) is 6.01 Å². The van der Waals surface area contributed by atoms with Gasteiger partial charge in [0.2, 0.25) is 0 Å². The number of nitrogens with zero attached hydrogens (tertiary/aromatic N) is 2. The van der Waals surface area contributed by atoms with E-state index in [1.165, 1.54) is 0 Å². The molecule has 0 N–H and O–H groups in total. The van der Waals surface area contributed by atoms with Crippen molar-refractivity contribution in [3.05, 3.63) is 59.2 Å². The third kappa shape index (κ3) is 3.06. The van der Waals surface area contributed by atoms with Gasteiger partial charge in [-0.25, -0.2) is 0 Å². The summed E-state index contributed by atoms with van der Waals surface area (Å²) in [6.07, 6.45) is 0. The normalized spacial score (nSPS) is 10.6. The summed E-state index contributed by atoms with van der Waals surface area (Å²) in [5.41, 5.74) is 1.77. The standard InChI is InChI=1S/C16H13ClN2O2/c1-20-12-7-8-14-13(9-12)15(17)19-16(18-14)21-10-11-5-3-2-4-6-11/h2-9H,10H2,1H3. The zero-order chi connectivity index (χ0) is 14.7. The maximum absolute atomic E-state index is 6.19. The van der Waals surface area contributed by atoms with E-state index in [0.29, 0.717) is 17.5 Å². The predicted octanol–water partition coefficient (Wildman–Crippen LogP) is 3.87. The highest BCUT2D eigenvalue weighted by molar-refractivity contribution is 6.34. The van der Waals surface area contributed by atoms with Gasteiger partial charge in [0.25, 0.3) is 0 Å². The molecule has 106 valence electrons. The van der Waals surface area contributed by atoms with Crippen LogP contribution in [0.3, 0.4) is 0 Å². The first kappa shape index (κ1) is 13.6. The lowest BCUT2D eigenvalue weighted by atomic mass is 10.2. The van der Waals surface area contributed by atoms with Crippen LogP contribution in [0.15, 0.2) is 48.5 Å². The number of fused-ring (bicyclic) bond motifs is 1. The maximum atomic E-state index is 6.19. The van der Waals surface area contributed by atoms with Crippen LogP contribution in [0.25, 0.3) is 10.9 Å². The van der Waals surface area contributed by atoms with Gasteiger partial charge in [0.05, 0.1) is 12.6 Å². The Labute approximate surface area is 127 Å². The highest BCUT2D eigenvalue weighted by Gasteiger charge is 2.08. The molecule has 21 heavy (non-hydrogen) atoms. The third-order valence-corrected chi connectivity index (χ3v) is 3.33. The molecule has 0 saturated carbocycles. The molecule has 0 saturated heterocycles. The Balaban J connectivity index is 1.87. The number of hydrogen-bond donors (Lipinski definition) is 0. The van der Waals surface area contributed by atoms with Crippen LogP contribution in [-0.4, -0.2) is 17.1 Å². The summed E-state index contributed by atoms with van der Waals surface area (Å²) in [4.78, 5) is 8.52. The van der Waals surface area contributed by atoms with Crippen LogP contribution in [-0.2, 0) is 6.61 Å². The smallest absolute Gasteiger partial charge is 0.318 e. The molecule has 0 aliphatic rings. The first-order valence-electron chi connectivity index (χ1n) is 6.44. The lowest BCUT2D eigenvalue weighted by molar-refractivity contribution is 0.282. The Morgan fingerprint density at radius 1 is 1.05 bits per heavy atom. The highest BCUT2D eigenvalue weighted by Crippen LogP contribution is 2.26. The Morgan fingerprint density at radius 2 is 1.86 bits per heavy atom. The van der Waals surface area contributed by atoms with E-state index in [9.17, 15) is 0 Å². The van der Waals surface area contributed by atoms with Crippen molar-refractivity contribution < 1.29 is 9.47 Å². The first-order chi connectivity index (χ1) is 10.3. The molecule has 1 aromatic heterocycles. The molecule has 0 bridgehead atoms. The van der Waals surface area contributed by atoms with E-state index in [4.69, 9.17) is 21.1 Å². The van der Waals surface area contributed by atoms with Crippen molar-refractivity contribution in [2.45, 2.75) is 6.61 Å². The van der Waals surface area contributed by atoms with E-state index >= 15 is 0 Å². The lowest BCUT2D eigenvalue weighted by Crippen LogP contribution is -2.00. The molecule has 0 amide bonds. The summed E-state index contributed by atoms with van der Waals surface area (Å²) < 4.78 is 10.8. The van der Waals surface area contributed by atoms with E-state index < -0.39 is 0 Å². The maximum Gasteiger partial charge on any atom is 0.318 e. The topological polar surface area (TPSA) is 44.2 Å². The second kappa shape index (κ2) is 5.97. The first-order valence-corrected chi connectivity index (χ1v) is 6.82. The van der Waals surface area contributed by atoms with Crippen molar-refractivity contribution in [2.75, 3.05) is 7.11 Å². The monoisotopic (exact) mass is 300 g/mol. The molecule has 0 aliphatic carbocycles. The minimum absolute atomic E-state index is 0.265. The SMILES string of the molecule is COc1ccc2nc(OCc3ccccc3)nc(Cl)c2c1. The zero-order valence-corrected chi connectivity index (χ0v) is 12.2. The van der Waals surface area contributed by atoms with Crippen LogP contribution in [0.1, 0.15) is 5.56 Å². The quantitative estimate of drug-likeness (QED) is 0.686. The van der Waals surface area contributed by atoms with Gasteiger partial charge in [0.15, 0.2) is 0 Å². The average Bonchev–Trinajstić information content (AvgIpc) is 2.54. The summed E-state index contributed by atoms with van der Waals surface area (Å²) in [5, 5.41) is 1.09. The van der Waals surface area contributed by atoms with Crippen molar-refractivity contribution in [1.82, 2.24) is 9.97 Å². The van der Waals surface area contributed by atoms with Crippen molar-refractivity contribution >= 4 is 22.5 Å². The van der Waals surface area contributed by atoms with Crippen molar-refractivity contribution in [3.63, 3.8) is 0 Å². The van der Waals surface area contributed by atoms with Crippen LogP contribution in [0.2, 0.25) is 5.15 Å². The molecule has 0 spiro atoms. The molecule has 1 heterocycles. The fourth-order valence-electron chi connectivity index (χ4n) is 1.96. The van der Waals surface area contributed by atoms with Crippen molar-refractivity contribution in [3.8, 4) is 11.8 Å². The molecule has 3 rings (SSSR count). The summed E-state index contributed by atoms with van der Waals surface area (Å²) in [6.45, 7) is 0.402. The van der Waals surface area contributed by atoms with E-state index in [1.807, 2.05) is 42.5 Å². The average molecular weight is 301 g/mol. The Kier molecular flexibility index (Phi) is 3.88. The van der Waals surface area contributed by atoms with Gasteiger partial charge in [-0.3, -0.25) is 0 Å². The van der Waals surface area contributed by atoms with Crippen LogP contribution in [0.5, 0.6) is 11.8 Å². The van der Waals surface area contributed by atoms with Gasteiger partial charge in [-0.1, -0.05) is 41.9 Å². The van der Waals surface area contributed by atoms with E-state index in [0.717, 1.165) is 16.5 Å². The Hall–Kier alpha value is -2.33. The number of rotatable bonds is 4. The lowest BCUT2D eigenvalue weighted by Gasteiger charge is -2.07. The van der Waals surface area contributed by atoms with Gasteiger partial charge in [-0.05, 0) is 23.8 Å². The van der Waals surface area contributed by atoms with Crippen molar-refractivity contribution in [1.29, 1.82) is 0 Å². The van der Waals surface area contributed by atoms with Gasteiger partial charge in [0.1, 0.15) is 17.5 Å². The molecule has 2 aromatic carbocycles. The molecule has 5 heteroatoms. The van der Waals surface area contributed by atoms with Gasteiger partial charge < -0.3 is 9.47 Å². The van der Waals surface area contributed by atoms with Crippen LogP contribution >= 0.6 is 11.6 Å². The molecule has 0 aliphatic heterocycles. The molecular weight excluding hydrogens is 288 g/mol. The molecular formula is C16H13ClN2O2.